The van der Waals surface area contributed by atoms with E-state index < -0.39 is 0 Å². The van der Waals surface area contributed by atoms with E-state index in [-0.39, 0.29) is 17.7 Å². The average Bonchev–Trinajstić information content (AvgIpc) is 2.88. The van der Waals surface area contributed by atoms with Crippen LogP contribution in [0.4, 0.5) is 0 Å². The van der Waals surface area contributed by atoms with Crippen molar-refractivity contribution in [2.45, 2.75) is 13.3 Å². The number of amides is 1. The highest BCUT2D eigenvalue weighted by Gasteiger charge is 2.35. The number of nitrogens with zero attached hydrogens (tertiary/aromatic N) is 3. The van der Waals surface area contributed by atoms with E-state index in [4.69, 9.17) is 4.74 Å². The summed E-state index contributed by atoms with van der Waals surface area (Å²) in [5, 5.41) is 1.05. The molecule has 0 radical (unpaired) electrons. The third-order valence-electron chi connectivity index (χ3n) is 4.84. The summed E-state index contributed by atoms with van der Waals surface area (Å²) in [6, 6.07) is 5.81. The van der Waals surface area contributed by atoms with Gasteiger partial charge in [0, 0.05) is 38.1 Å². The molecule has 1 aromatic carbocycles. The number of benzene rings is 1. The van der Waals surface area contributed by atoms with E-state index >= 15 is 0 Å². The van der Waals surface area contributed by atoms with E-state index in [0.717, 1.165) is 35.2 Å². The predicted octanol–water partition coefficient (Wildman–Crippen LogP) is 1.87. The molecule has 0 atom stereocenters. The van der Waals surface area contributed by atoms with Gasteiger partial charge < -0.3 is 14.5 Å². The van der Waals surface area contributed by atoms with Gasteiger partial charge in [-0.25, -0.2) is 0 Å². The van der Waals surface area contributed by atoms with Gasteiger partial charge in [0.05, 0.1) is 18.5 Å². The first-order chi connectivity index (χ1) is 11.9. The first-order valence-corrected chi connectivity index (χ1v) is 8.53. The van der Waals surface area contributed by atoms with Gasteiger partial charge in [0.2, 0.25) is 11.8 Å². The Kier molecular flexibility index (Phi) is 4.81. The molecule has 1 saturated heterocycles. The van der Waals surface area contributed by atoms with Crippen LogP contribution < -0.4 is 4.74 Å². The van der Waals surface area contributed by atoms with Crippen LogP contribution in [0.3, 0.4) is 0 Å². The lowest BCUT2D eigenvalue weighted by Crippen LogP contribution is -2.53. The zero-order valence-corrected chi connectivity index (χ0v) is 15.3. The molecule has 3 rings (SSSR count). The Morgan fingerprint density at radius 3 is 2.60 bits per heavy atom. The molecule has 1 aromatic heterocycles. The van der Waals surface area contributed by atoms with Gasteiger partial charge in [0.1, 0.15) is 5.75 Å². The van der Waals surface area contributed by atoms with E-state index in [2.05, 4.69) is 4.90 Å². The summed E-state index contributed by atoms with van der Waals surface area (Å²) in [4.78, 5) is 28.1. The molecule has 2 heterocycles. The molecule has 1 aliphatic rings. The van der Waals surface area contributed by atoms with Gasteiger partial charge >= 0.3 is 0 Å². The average molecular weight is 343 g/mol. The summed E-state index contributed by atoms with van der Waals surface area (Å²) < 4.78 is 7.10. The van der Waals surface area contributed by atoms with Gasteiger partial charge in [-0.05, 0) is 44.3 Å². The van der Waals surface area contributed by atoms with Gasteiger partial charge in [0.15, 0.2) is 0 Å². The molecular weight excluding hydrogens is 318 g/mol. The number of hydrogen-bond donors (Lipinski definition) is 0. The van der Waals surface area contributed by atoms with Gasteiger partial charge in [-0.1, -0.05) is 0 Å². The van der Waals surface area contributed by atoms with Crippen LogP contribution in [0.15, 0.2) is 24.4 Å². The lowest BCUT2D eigenvalue weighted by molar-refractivity contribution is -0.133. The molecule has 0 spiro atoms. The highest BCUT2D eigenvalue weighted by Crippen LogP contribution is 2.28. The highest BCUT2D eigenvalue weighted by molar-refractivity contribution is 5.97. The summed E-state index contributed by atoms with van der Waals surface area (Å²) in [7, 11) is 5.72. The van der Waals surface area contributed by atoms with Crippen LogP contribution in [0.25, 0.3) is 10.9 Å². The van der Waals surface area contributed by atoms with Crippen molar-refractivity contribution < 1.29 is 14.3 Å². The zero-order chi connectivity index (χ0) is 18.1. The van der Waals surface area contributed by atoms with E-state index in [1.165, 1.54) is 6.92 Å². The van der Waals surface area contributed by atoms with Crippen molar-refractivity contribution in [1.29, 1.82) is 0 Å². The van der Waals surface area contributed by atoms with Crippen LogP contribution in [0.5, 0.6) is 5.75 Å². The van der Waals surface area contributed by atoms with Crippen molar-refractivity contribution in [3.8, 4) is 5.75 Å². The third-order valence-corrected chi connectivity index (χ3v) is 4.84. The number of aromatic nitrogens is 1. The summed E-state index contributed by atoms with van der Waals surface area (Å²) in [5.74, 6) is 0.750. The SMILES string of the molecule is COc1ccc2c(c1)c(CCN(C)C)cn2C(=O)C1CN(C(C)=O)C1. The van der Waals surface area contributed by atoms with Gasteiger partial charge in [-0.3, -0.25) is 14.2 Å². The fourth-order valence-corrected chi connectivity index (χ4v) is 3.22. The number of hydrogen-bond acceptors (Lipinski definition) is 4. The molecule has 6 heteroatoms. The van der Waals surface area contributed by atoms with Crippen LogP contribution in [-0.4, -0.2) is 67.0 Å². The maximum absolute atomic E-state index is 12.9. The molecule has 1 amide bonds. The predicted molar refractivity (Wildman–Crippen MR) is 97.1 cm³/mol. The Bertz CT molecular complexity index is 804. The number of rotatable bonds is 5. The van der Waals surface area contributed by atoms with Crippen LogP contribution in [-0.2, 0) is 11.2 Å². The second-order valence-corrected chi connectivity index (χ2v) is 6.92. The molecule has 134 valence electrons. The minimum atomic E-state index is -0.122. The molecule has 1 aliphatic heterocycles. The minimum absolute atomic E-state index is 0.0258. The van der Waals surface area contributed by atoms with Crippen LogP contribution in [0.2, 0.25) is 0 Å². The molecule has 0 bridgehead atoms. The fraction of sp³-hybridized carbons (Fsp3) is 0.474. The number of fused-ring (bicyclic) bond motifs is 1. The topological polar surface area (TPSA) is 54.8 Å². The fourth-order valence-electron chi connectivity index (χ4n) is 3.22. The Labute approximate surface area is 147 Å². The minimum Gasteiger partial charge on any atom is -0.497 e. The van der Waals surface area contributed by atoms with Crippen molar-refractivity contribution in [1.82, 2.24) is 14.4 Å². The zero-order valence-electron chi connectivity index (χ0n) is 15.3. The van der Waals surface area contributed by atoms with Crippen LogP contribution in [0, 0.1) is 5.92 Å². The normalized spacial score (nSPS) is 14.8. The summed E-state index contributed by atoms with van der Waals surface area (Å²) >= 11 is 0. The molecular formula is C19H25N3O3. The van der Waals surface area contributed by atoms with Crippen LogP contribution >= 0.6 is 0 Å². The smallest absolute Gasteiger partial charge is 0.237 e. The largest absolute Gasteiger partial charge is 0.497 e. The van der Waals surface area contributed by atoms with E-state index in [9.17, 15) is 9.59 Å². The number of carbonyl (C=O) groups is 2. The number of carbonyl (C=O) groups excluding carboxylic acids is 2. The molecule has 0 unspecified atom stereocenters. The van der Waals surface area contributed by atoms with Crippen molar-refractivity contribution >= 4 is 22.7 Å². The van der Waals surface area contributed by atoms with Crippen LogP contribution in [0.1, 0.15) is 17.3 Å². The number of likely N-dealkylation sites (N-methyl/N-ethyl adjacent to an activating group) is 1. The third kappa shape index (κ3) is 3.39. The molecule has 25 heavy (non-hydrogen) atoms. The number of methoxy groups -OCH3 is 1. The first kappa shape index (κ1) is 17.5. The molecule has 2 aromatic rings. The van der Waals surface area contributed by atoms with Gasteiger partial charge in [-0.15, -0.1) is 0 Å². The van der Waals surface area contributed by atoms with E-state index in [1.807, 2.05) is 38.5 Å². The summed E-state index contributed by atoms with van der Waals surface area (Å²) in [5.41, 5.74) is 2.04. The monoisotopic (exact) mass is 343 g/mol. The Hall–Kier alpha value is -2.34. The lowest BCUT2D eigenvalue weighted by atomic mass is 9.99. The quantitative estimate of drug-likeness (QED) is 0.832. The Balaban J connectivity index is 1.92. The summed E-state index contributed by atoms with van der Waals surface area (Å²) in [6.07, 6.45) is 2.81. The second-order valence-electron chi connectivity index (χ2n) is 6.92. The molecule has 0 saturated carbocycles. The maximum atomic E-state index is 12.9. The van der Waals surface area contributed by atoms with Crippen molar-refractivity contribution in [3.63, 3.8) is 0 Å². The molecule has 6 nitrogen and oxygen atoms in total. The van der Waals surface area contributed by atoms with Gasteiger partial charge in [-0.2, -0.15) is 0 Å². The maximum Gasteiger partial charge on any atom is 0.237 e. The van der Waals surface area contributed by atoms with Crippen molar-refractivity contribution in [2.24, 2.45) is 5.92 Å². The Morgan fingerprint density at radius 1 is 1.28 bits per heavy atom. The highest BCUT2D eigenvalue weighted by atomic mass is 16.5. The van der Waals surface area contributed by atoms with E-state index in [1.54, 1.807) is 16.6 Å². The number of ether oxygens (including phenoxy) is 1. The first-order valence-electron chi connectivity index (χ1n) is 8.53. The van der Waals surface area contributed by atoms with Gasteiger partial charge in [0.25, 0.3) is 0 Å². The van der Waals surface area contributed by atoms with Crippen molar-refractivity contribution in [3.05, 3.63) is 30.0 Å². The van der Waals surface area contributed by atoms with Crippen molar-refractivity contribution in [2.75, 3.05) is 40.8 Å². The van der Waals surface area contributed by atoms with E-state index in [0.29, 0.717) is 13.1 Å². The second kappa shape index (κ2) is 6.88. The number of likely N-dealkylation sites (tertiary alicyclic amines) is 1. The Morgan fingerprint density at radius 2 is 2.00 bits per heavy atom. The standard InChI is InChI=1S/C19H25N3O3/c1-13(23)21-10-15(11-21)19(24)22-12-14(7-8-20(2)3)17-9-16(25-4)5-6-18(17)22/h5-6,9,12,15H,7-8,10-11H2,1-4H3. The lowest BCUT2D eigenvalue weighted by Gasteiger charge is -2.37. The molecule has 1 fully saturated rings. The molecule has 0 aliphatic carbocycles. The molecule has 0 N–H and O–H groups in total. The summed E-state index contributed by atoms with van der Waals surface area (Å²) in [6.45, 7) is 3.47.